The molecule has 2 atom stereocenters. The molecular weight excluding hydrogens is 302 g/mol. The summed E-state index contributed by atoms with van der Waals surface area (Å²) in [5, 5.41) is 10.9. The van der Waals surface area contributed by atoms with Gasteiger partial charge in [0.2, 0.25) is 0 Å². The lowest BCUT2D eigenvalue weighted by molar-refractivity contribution is -0.0470. The van der Waals surface area contributed by atoms with Gasteiger partial charge in [0.05, 0.1) is 5.60 Å². The fourth-order valence-corrected chi connectivity index (χ4v) is 3.98. The third kappa shape index (κ3) is 3.81. The number of allylic oxidation sites excluding steroid dienone is 1. The minimum Gasteiger partial charge on any atom is -0.445 e. The highest BCUT2D eigenvalue weighted by atomic mass is 16.6. The number of carbonyl (C=O) groups excluding carboxylic acids is 1. The Morgan fingerprint density at radius 2 is 1.88 bits per heavy atom. The van der Waals surface area contributed by atoms with Gasteiger partial charge in [0.25, 0.3) is 0 Å². The number of piperidine rings is 1. The Morgan fingerprint density at radius 1 is 1.25 bits per heavy atom. The van der Waals surface area contributed by atoms with Gasteiger partial charge in [0.15, 0.2) is 0 Å². The maximum absolute atomic E-state index is 12.5. The normalized spacial score (nSPS) is 28.5. The van der Waals surface area contributed by atoms with E-state index in [2.05, 4.69) is 6.08 Å². The summed E-state index contributed by atoms with van der Waals surface area (Å²) in [5.41, 5.74) is 1.54. The zero-order chi connectivity index (χ0) is 17.2. The molecular formula is C20H27NO3. The van der Waals surface area contributed by atoms with Gasteiger partial charge in [-0.05, 0) is 51.5 Å². The quantitative estimate of drug-likeness (QED) is 0.848. The number of nitrogens with zero attached hydrogens (tertiary/aromatic N) is 1. The van der Waals surface area contributed by atoms with Crippen LogP contribution in [0.4, 0.5) is 4.79 Å². The zero-order valence-corrected chi connectivity index (χ0v) is 14.6. The number of hydrogen-bond acceptors (Lipinski definition) is 3. The van der Waals surface area contributed by atoms with E-state index in [0.717, 1.165) is 18.4 Å². The second-order valence-corrected chi connectivity index (χ2v) is 7.45. The van der Waals surface area contributed by atoms with Crippen LogP contribution in [0, 0.1) is 0 Å². The highest BCUT2D eigenvalue weighted by Gasteiger charge is 2.49. The summed E-state index contributed by atoms with van der Waals surface area (Å²) in [6, 6.07) is 9.94. The highest BCUT2D eigenvalue weighted by Crippen LogP contribution is 2.42. The van der Waals surface area contributed by atoms with Crippen molar-refractivity contribution in [1.29, 1.82) is 0 Å². The van der Waals surface area contributed by atoms with E-state index in [4.69, 9.17) is 4.74 Å². The van der Waals surface area contributed by atoms with E-state index in [1.165, 1.54) is 5.57 Å². The van der Waals surface area contributed by atoms with Gasteiger partial charge in [-0.15, -0.1) is 0 Å². The number of amides is 1. The van der Waals surface area contributed by atoms with Gasteiger partial charge in [0.1, 0.15) is 6.61 Å². The third-order valence-corrected chi connectivity index (χ3v) is 5.16. The topological polar surface area (TPSA) is 49.8 Å². The second kappa shape index (κ2) is 6.98. The number of rotatable bonds is 4. The predicted octanol–water partition coefficient (Wildman–Crippen LogP) is 4.04. The first kappa shape index (κ1) is 17.0. The lowest BCUT2D eigenvalue weighted by atomic mass is 9.83. The molecule has 4 heteroatoms. The van der Waals surface area contributed by atoms with Crippen LogP contribution in [-0.4, -0.2) is 33.8 Å². The van der Waals surface area contributed by atoms with E-state index < -0.39 is 5.60 Å². The first-order valence-electron chi connectivity index (χ1n) is 8.82. The molecule has 0 radical (unpaired) electrons. The van der Waals surface area contributed by atoms with Crippen molar-refractivity contribution in [3.63, 3.8) is 0 Å². The van der Waals surface area contributed by atoms with Crippen molar-refractivity contribution in [2.24, 2.45) is 0 Å². The van der Waals surface area contributed by atoms with Crippen molar-refractivity contribution in [1.82, 2.24) is 4.90 Å². The van der Waals surface area contributed by atoms with Crippen molar-refractivity contribution >= 4 is 6.09 Å². The first-order valence-corrected chi connectivity index (χ1v) is 8.82. The van der Waals surface area contributed by atoms with Crippen molar-refractivity contribution in [2.45, 2.75) is 70.2 Å². The van der Waals surface area contributed by atoms with Crippen molar-refractivity contribution < 1.29 is 14.6 Å². The molecule has 1 aromatic carbocycles. The molecule has 0 aromatic heterocycles. The molecule has 2 saturated heterocycles. The number of fused-ring (bicyclic) bond motifs is 2. The van der Waals surface area contributed by atoms with Crippen molar-refractivity contribution in [3.05, 3.63) is 47.5 Å². The molecule has 4 nitrogen and oxygen atoms in total. The lowest BCUT2D eigenvalue weighted by Gasteiger charge is -2.43. The fourth-order valence-electron chi connectivity index (χ4n) is 3.98. The number of benzene rings is 1. The van der Waals surface area contributed by atoms with Gasteiger partial charge in [-0.25, -0.2) is 4.79 Å². The molecule has 2 aliphatic rings. The van der Waals surface area contributed by atoms with E-state index in [0.29, 0.717) is 25.9 Å². The molecule has 0 aliphatic carbocycles. The Hall–Kier alpha value is -1.81. The first-order chi connectivity index (χ1) is 11.5. The molecule has 2 aliphatic heterocycles. The molecule has 2 unspecified atom stereocenters. The summed E-state index contributed by atoms with van der Waals surface area (Å²) < 4.78 is 5.51. The van der Waals surface area contributed by atoms with E-state index in [1.807, 2.05) is 49.1 Å². The van der Waals surface area contributed by atoms with E-state index in [9.17, 15) is 9.90 Å². The summed E-state index contributed by atoms with van der Waals surface area (Å²) >= 11 is 0. The zero-order valence-electron chi connectivity index (χ0n) is 14.6. The molecule has 2 heterocycles. The Labute approximate surface area is 144 Å². The van der Waals surface area contributed by atoms with E-state index in [1.54, 1.807) is 0 Å². The fraction of sp³-hybridized carbons (Fsp3) is 0.550. The summed E-state index contributed by atoms with van der Waals surface area (Å²) in [6.45, 7) is 4.40. The van der Waals surface area contributed by atoms with Gasteiger partial charge in [-0.3, -0.25) is 0 Å². The Kier molecular flexibility index (Phi) is 4.95. The van der Waals surface area contributed by atoms with Gasteiger partial charge in [-0.1, -0.05) is 42.0 Å². The van der Waals surface area contributed by atoms with Crippen molar-refractivity contribution in [3.8, 4) is 0 Å². The van der Waals surface area contributed by atoms with Gasteiger partial charge in [0, 0.05) is 12.1 Å². The molecule has 2 fully saturated rings. The van der Waals surface area contributed by atoms with Crippen molar-refractivity contribution in [2.75, 3.05) is 0 Å². The monoisotopic (exact) mass is 329 g/mol. The highest BCUT2D eigenvalue weighted by molar-refractivity contribution is 5.69. The molecule has 130 valence electrons. The van der Waals surface area contributed by atoms with Crippen LogP contribution in [0.1, 0.15) is 51.5 Å². The SMILES string of the molecule is CC(C)=CCC1(O)CC2CCC(C1)N2C(=O)OCc1ccccc1. The van der Waals surface area contributed by atoms with E-state index >= 15 is 0 Å². The van der Waals surface area contributed by atoms with Crippen LogP contribution in [0.2, 0.25) is 0 Å². The molecule has 0 spiro atoms. The molecule has 1 amide bonds. The Morgan fingerprint density at radius 3 is 2.46 bits per heavy atom. The molecule has 24 heavy (non-hydrogen) atoms. The van der Waals surface area contributed by atoms with Crippen LogP contribution < -0.4 is 0 Å². The minimum absolute atomic E-state index is 0.0996. The number of aliphatic hydroxyl groups is 1. The van der Waals surface area contributed by atoms with Gasteiger partial charge < -0.3 is 14.7 Å². The second-order valence-electron chi connectivity index (χ2n) is 7.45. The van der Waals surface area contributed by atoms with Crippen LogP contribution in [0.15, 0.2) is 42.0 Å². The van der Waals surface area contributed by atoms with Crippen LogP contribution in [0.3, 0.4) is 0 Å². The van der Waals surface area contributed by atoms with Crippen LogP contribution in [0.25, 0.3) is 0 Å². The molecule has 1 aromatic rings. The maximum atomic E-state index is 12.5. The average molecular weight is 329 g/mol. The Balaban J connectivity index is 1.60. The molecule has 1 N–H and O–H groups in total. The summed E-state index contributed by atoms with van der Waals surface area (Å²) in [5.74, 6) is 0. The third-order valence-electron chi connectivity index (χ3n) is 5.16. The summed E-state index contributed by atoms with van der Waals surface area (Å²) in [6.07, 6.45) is 5.75. The molecule has 0 saturated carbocycles. The van der Waals surface area contributed by atoms with Gasteiger partial charge in [-0.2, -0.15) is 0 Å². The van der Waals surface area contributed by atoms with E-state index in [-0.39, 0.29) is 18.2 Å². The largest absolute Gasteiger partial charge is 0.445 e. The summed E-state index contributed by atoms with van der Waals surface area (Å²) in [4.78, 5) is 14.4. The number of ether oxygens (including phenoxy) is 1. The van der Waals surface area contributed by atoms with Crippen LogP contribution in [0.5, 0.6) is 0 Å². The van der Waals surface area contributed by atoms with Crippen LogP contribution in [-0.2, 0) is 11.3 Å². The van der Waals surface area contributed by atoms with Gasteiger partial charge >= 0.3 is 6.09 Å². The lowest BCUT2D eigenvalue weighted by Crippen LogP contribution is -2.53. The Bertz CT molecular complexity index is 593. The minimum atomic E-state index is -0.681. The predicted molar refractivity (Wildman–Crippen MR) is 93.5 cm³/mol. The maximum Gasteiger partial charge on any atom is 0.410 e. The molecule has 2 bridgehead atoms. The van der Waals surface area contributed by atoms with Crippen LogP contribution >= 0.6 is 0 Å². The number of carbonyl (C=O) groups is 1. The molecule has 3 rings (SSSR count). The average Bonchev–Trinajstić information content (AvgIpc) is 2.85. The standard InChI is InChI=1S/C20H27NO3/c1-15(2)10-11-20(23)12-17-8-9-18(13-20)21(17)19(22)24-14-16-6-4-3-5-7-16/h3-7,10,17-18,23H,8-9,11-14H2,1-2H3. The smallest absolute Gasteiger partial charge is 0.410 e. The summed E-state index contributed by atoms with van der Waals surface area (Å²) in [7, 11) is 0. The number of hydrogen-bond donors (Lipinski definition) is 1.